The van der Waals surface area contributed by atoms with Crippen molar-refractivity contribution < 1.29 is 0 Å². The van der Waals surface area contributed by atoms with Crippen LogP contribution in [0, 0.1) is 17.2 Å². The lowest BCUT2D eigenvalue weighted by Gasteiger charge is -2.41. The zero-order valence-corrected chi connectivity index (χ0v) is 11.0. The van der Waals surface area contributed by atoms with Gasteiger partial charge in [0, 0.05) is 26.2 Å². The highest BCUT2D eigenvalue weighted by Gasteiger charge is 2.38. The van der Waals surface area contributed by atoms with Gasteiger partial charge in [0.25, 0.3) is 0 Å². The summed E-state index contributed by atoms with van der Waals surface area (Å²) in [4.78, 5) is 2.45. The first-order chi connectivity index (χ1) is 8.30. The highest BCUT2D eigenvalue weighted by Crippen LogP contribution is 2.35. The molecule has 96 valence electrons. The van der Waals surface area contributed by atoms with E-state index >= 15 is 0 Å². The van der Waals surface area contributed by atoms with E-state index in [0.29, 0.717) is 0 Å². The fourth-order valence-electron chi connectivity index (χ4n) is 3.40. The topological polar surface area (TPSA) is 39.1 Å². The van der Waals surface area contributed by atoms with Crippen molar-refractivity contribution in [3.63, 3.8) is 0 Å². The number of hydrogen-bond acceptors (Lipinski definition) is 3. The molecular formula is C14H25N3. The summed E-state index contributed by atoms with van der Waals surface area (Å²) in [7, 11) is 0. The number of nitriles is 1. The van der Waals surface area contributed by atoms with E-state index in [1.165, 1.54) is 25.7 Å². The molecule has 1 N–H and O–H groups in total. The molecule has 2 aliphatic rings. The first-order valence-electron chi connectivity index (χ1n) is 7.18. The second kappa shape index (κ2) is 5.84. The van der Waals surface area contributed by atoms with Crippen molar-refractivity contribution in [2.45, 2.75) is 51.0 Å². The Bertz CT molecular complexity index is 278. The Morgan fingerprint density at radius 2 is 2.06 bits per heavy atom. The average Bonchev–Trinajstić information content (AvgIpc) is 2.62. The minimum absolute atomic E-state index is 0.147. The Hall–Kier alpha value is -0.590. The summed E-state index contributed by atoms with van der Waals surface area (Å²) in [5.41, 5.74) is -0.147. The van der Waals surface area contributed by atoms with E-state index in [0.717, 1.165) is 44.9 Å². The first kappa shape index (κ1) is 12.9. The largest absolute Gasteiger partial charge is 0.314 e. The Kier molecular flexibility index (Phi) is 4.42. The third-order valence-corrected chi connectivity index (χ3v) is 4.68. The highest BCUT2D eigenvalue weighted by atomic mass is 15.2. The van der Waals surface area contributed by atoms with Gasteiger partial charge in [0.05, 0.1) is 6.07 Å². The van der Waals surface area contributed by atoms with Gasteiger partial charge in [-0.05, 0) is 25.2 Å². The molecule has 0 aromatic heterocycles. The molecule has 3 nitrogen and oxygen atoms in total. The molecule has 0 aromatic carbocycles. The van der Waals surface area contributed by atoms with Gasteiger partial charge in [-0.25, -0.2) is 0 Å². The molecule has 17 heavy (non-hydrogen) atoms. The maximum atomic E-state index is 9.67. The summed E-state index contributed by atoms with van der Waals surface area (Å²) < 4.78 is 0. The SMILES string of the molecule is CCC1CCCC(C#N)(N2CCNCC2)CC1. The molecule has 0 radical (unpaired) electrons. The van der Waals surface area contributed by atoms with Gasteiger partial charge in [0.15, 0.2) is 0 Å². The minimum atomic E-state index is -0.147. The Balaban J connectivity index is 2.05. The maximum absolute atomic E-state index is 9.67. The Labute approximate surface area is 105 Å². The van der Waals surface area contributed by atoms with Crippen LogP contribution < -0.4 is 5.32 Å². The molecule has 0 spiro atoms. The molecule has 3 heteroatoms. The van der Waals surface area contributed by atoms with Gasteiger partial charge in [-0.3, -0.25) is 4.90 Å². The standard InChI is InChI=1S/C14H25N3/c1-2-13-4-3-6-14(12-15,7-5-13)17-10-8-16-9-11-17/h13,16H,2-11H2,1H3. The van der Waals surface area contributed by atoms with E-state index in [2.05, 4.69) is 23.2 Å². The normalized spacial score (nSPS) is 36.1. The van der Waals surface area contributed by atoms with Crippen molar-refractivity contribution in [2.24, 2.45) is 5.92 Å². The van der Waals surface area contributed by atoms with Crippen LogP contribution in [0.4, 0.5) is 0 Å². The fourth-order valence-corrected chi connectivity index (χ4v) is 3.40. The maximum Gasteiger partial charge on any atom is 0.109 e. The lowest BCUT2D eigenvalue weighted by molar-refractivity contribution is 0.103. The van der Waals surface area contributed by atoms with Gasteiger partial charge in [-0.2, -0.15) is 5.26 Å². The molecule has 1 aliphatic carbocycles. The van der Waals surface area contributed by atoms with E-state index in [1.807, 2.05) is 0 Å². The van der Waals surface area contributed by atoms with Crippen LogP contribution in [0.3, 0.4) is 0 Å². The number of piperazine rings is 1. The third-order valence-electron chi connectivity index (χ3n) is 4.68. The van der Waals surface area contributed by atoms with Crippen LogP contribution in [-0.4, -0.2) is 36.6 Å². The van der Waals surface area contributed by atoms with Crippen molar-refractivity contribution in [3.05, 3.63) is 0 Å². The number of nitrogens with one attached hydrogen (secondary N) is 1. The van der Waals surface area contributed by atoms with Crippen LogP contribution in [0.15, 0.2) is 0 Å². The van der Waals surface area contributed by atoms with Gasteiger partial charge in [0.2, 0.25) is 0 Å². The quantitative estimate of drug-likeness (QED) is 0.745. The second-order valence-corrected chi connectivity index (χ2v) is 5.59. The summed E-state index contributed by atoms with van der Waals surface area (Å²) in [6.07, 6.45) is 7.25. The van der Waals surface area contributed by atoms with Gasteiger partial charge in [-0.15, -0.1) is 0 Å². The number of hydrogen-bond donors (Lipinski definition) is 1. The number of nitrogens with zero attached hydrogens (tertiary/aromatic N) is 2. The lowest BCUT2D eigenvalue weighted by Crippen LogP contribution is -2.55. The highest BCUT2D eigenvalue weighted by molar-refractivity contribution is 5.10. The predicted molar refractivity (Wildman–Crippen MR) is 69.7 cm³/mol. The predicted octanol–water partition coefficient (Wildman–Crippen LogP) is 2.14. The van der Waals surface area contributed by atoms with Crippen molar-refractivity contribution in [1.82, 2.24) is 10.2 Å². The van der Waals surface area contributed by atoms with Gasteiger partial charge >= 0.3 is 0 Å². The minimum Gasteiger partial charge on any atom is -0.314 e. The molecule has 0 bridgehead atoms. The molecule has 1 saturated carbocycles. The summed E-state index contributed by atoms with van der Waals surface area (Å²) in [5, 5.41) is 13.0. The summed E-state index contributed by atoms with van der Waals surface area (Å²) in [6.45, 7) is 6.46. The lowest BCUT2D eigenvalue weighted by atomic mass is 9.88. The van der Waals surface area contributed by atoms with Crippen molar-refractivity contribution >= 4 is 0 Å². The van der Waals surface area contributed by atoms with Gasteiger partial charge in [-0.1, -0.05) is 26.2 Å². The molecule has 2 rings (SSSR count). The molecular weight excluding hydrogens is 210 g/mol. The summed E-state index contributed by atoms with van der Waals surface area (Å²) in [6, 6.07) is 2.67. The molecule has 0 aromatic rings. The van der Waals surface area contributed by atoms with Crippen molar-refractivity contribution in [2.75, 3.05) is 26.2 Å². The van der Waals surface area contributed by atoms with Crippen LogP contribution in [0.5, 0.6) is 0 Å². The Morgan fingerprint density at radius 3 is 2.71 bits per heavy atom. The van der Waals surface area contributed by atoms with E-state index in [1.54, 1.807) is 0 Å². The second-order valence-electron chi connectivity index (χ2n) is 5.59. The van der Waals surface area contributed by atoms with E-state index in [4.69, 9.17) is 0 Å². The summed E-state index contributed by atoms with van der Waals surface area (Å²) in [5.74, 6) is 0.855. The molecule has 2 fully saturated rings. The molecule has 2 unspecified atom stereocenters. The average molecular weight is 235 g/mol. The van der Waals surface area contributed by atoms with E-state index in [-0.39, 0.29) is 5.54 Å². The molecule has 1 heterocycles. The molecule has 2 atom stereocenters. The van der Waals surface area contributed by atoms with E-state index in [9.17, 15) is 5.26 Å². The van der Waals surface area contributed by atoms with Crippen LogP contribution in [0.25, 0.3) is 0 Å². The summed E-state index contributed by atoms with van der Waals surface area (Å²) >= 11 is 0. The fraction of sp³-hybridized carbons (Fsp3) is 0.929. The smallest absolute Gasteiger partial charge is 0.109 e. The van der Waals surface area contributed by atoms with Gasteiger partial charge in [0.1, 0.15) is 5.54 Å². The molecule has 1 saturated heterocycles. The zero-order valence-electron chi connectivity index (χ0n) is 11.0. The van der Waals surface area contributed by atoms with Gasteiger partial charge < -0.3 is 5.32 Å². The van der Waals surface area contributed by atoms with Crippen LogP contribution >= 0.6 is 0 Å². The van der Waals surface area contributed by atoms with Crippen LogP contribution in [0.1, 0.15) is 45.4 Å². The molecule has 0 amide bonds. The van der Waals surface area contributed by atoms with E-state index < -0.39 is 0 Å². The number of rotatable bonds is 2. The third kappa shape index (κ3) is 2.81. The van der Waals surface area contributed by atoms with Crippen molar-refractivity contribution in [3.8, 4) is 6.07 Å². The first-order valence-corrected chi connectivity index (χ1v) is 7.18. The van der Waals surface area contributed by atoms with Crippen molar-refractivity contribution in [1.29, 1.82) is 5.26 Å². The van der Waals surface area contributed by atoms with Crippen LogP contribution in [-0.2, 0) is 0 Å². The zero-order chi connectivity index (χ0) is 12.1. The van der Waals surface area contributed by atoms with Crippen LogP contribution in [0.2, 0.25) is 0 Å². The monoisotopic (exact) mass is 235 g/mol. The Morgan fingerprint density at radius 1 is 1.29 bits per heavy atom. The molecule has 1 aliphatic heterocycles.